The van der Waals surface area contributed by atoms with Gasteiger partial charge in [0.2, 0.25) is 5.95 Å². The molecule has 1 unspecified atom stereocenters. The molecule has 4 nitrogen and oxygen atoms in total. The molecule has 0 spiro atoms. The summed E-state index contributed by atoms with van der Waals surface area (Å²) < 4.78 is 0. The van der Waals surface area contributed by atoms with Crippen molar-refractivity contribution in [1.82, 2.24) is 15.2 Å². The van der Waals surface area contributed by atoms with Crippen LogP contribution in [0.2, 0.25) is 0 Å². The molecule has 0 amide bonds. The van der Waals surface area contributed by atoms with E-state index in [1.54, 1.807) is 0 Å². The Morgan fingerprint density at radius 1 is 1.00 bits per heavy atom. The molecule has 0 radical (unpaired) electrons. The maximum atomic E-state index is 4.56. The van der Waals surface area contributed by atoms with Gasteiger partial charge in [0.25, 0.3) is 0 Å². The van der Waals surface area contributed by atoms with Crippen LogP contribution in [0.5, 0.6) is 0 Å². The lowest BCUT2D eigenvalue weighted by Crippen LogP contribution is -2.21. The van der Waals surface area contributed by atoms with Crippen molar-refractivity contribution < 1.29 is 0 Å². The van der Waals surface area contributed by atoms with Crippen molar-refractivity contribution in [3.63, 3.8) is 0 Å². The highest BCUT2D eigenvalue weighted by molar-refractivity contribution is 5.28. The fourth-order valence-electron chi connectivity index (χ4n) is 2.24. The van der Waals surface area contributed by atoms with Crippen LogP contribution in [-0.4, -0.2) is 21.2 Å². The summed E-state index contributed by atoms with van der Waals surface area (Å²) in [4.78, 5) is 4.56. The molecule has 4 heteroatoms. The van der Waals surface area contributed by atoms with Gasteiger partial charge in [-0.05, 0) is 31.7 Å². The summed E-state index contributed by atoms with van der Waals surface area (Å²) in [6, 6.07) is 10.7. The predicted molar refractivity (Wildman–Crippen MR) is 81.8 cm³/mol. The van der Waals surface area contributed by atoms with Gasteiger partial charge in [-0.25, -0.2) is 4.98 Å². The lowest BCUT2D eigenvalue weighted by atomic mass is 10.1. The van der Waals surface area contributed by atoms with Gasteiger partial charge < -0.3 is 5.32 Å². The molecule has 0 aliphatic heterocycles. The minimum atomic E-state index is 0.274. The van der Waals surface area contributed by atoms with E-state index in [4.69, 9.17) is 0 Å². The minimum Gasteiger partial charge on any atom is -0.350 e. The standard InChI is InChI=1S/C16H22N4/c1-4-14-15(5-2)19-20-16(18-14)17-12(3)11-13-9-7-6-8-10-13/h6-10,12H,4-5,11H2,1-3H3,(H,17,18,20). The van der Waals surface area contributed by atoms with Gasteiger partial charge in [-0.1, -0.05) is 44.2 Å². The van der Waals surface area contributed by atoms with Crippen molar-refractivity contribution in [2.24, 2.45) is 0 Å². The Morgan fingerprint density at radius 2 is 1.70 bits per heavy atom. The van der Waals surface area contributed by atoms with Crippen LogP contribution in [-0.2, 0) is 19.3 Å². The van der Waals surface area contributed by atoms with Crippen LogP contribution in [0, 0.1) is 0 Å². The van der Waals surface area contributed by atoms with Crippen molar-refractivity contribution >= 4 is 5.95 Å². The van der Waals surface area contributed by atoms with E-state index in [9.17, 15) is 0 Å². The zero-order valence-electron chi connectivity index (χ0n) is 12.4. The molecular formula is C16H22N4. The van der Waals surface area contributed by atoms with Crippen LogP contribution in [0.4, 0.5) is 5.95 Å². The molecular weight excluding hydrogens is 248 g/mol. The van der Waals surface area contributed by atoms with E-state index in [2.05, 4.69) is 65.5 Å². The van der Waals surface area contributed by atoms with Crippen LogP contribution in [0.25, 0.3) is 0 Å². The topological polar surface area (TPSA) is 50.7 Å². The van der Waals surface area contributed by atoms with Crippen molar-refractivity contribution in [2.45, 2.75) is 46.1 Å². The molecule has 0 aliphatic carbocycles. The lowest BCUT2D eigenvalue weighted by molar-refractivity contribution is 0.751. The van der Waals surface area contributed by atoms with Crippen molar-refractivity contribution in [3.8, 4) is 0 Å². The number of nitrogens with zero attached hydrogens (tertiary/aromatic N) is 3. The van der Waals surface area contributed by atoms with E-state index in [1.165, 1.54) is 5.56 Å². The molecule has 0 saturated heterocycles. The Morgan fingerprint density at radius 3 is 2.35 bits per heavy atom. The smallest absolute Gasteiger partial charge is 0.243 e. The maximum absolute atomic E-state index is 4.56. The highest BCUT2D eigenvalue weighted by atomic mass is 15.2. The second-order valence-corrected chi connectivity index (χ2v) is 4.97. The highest BCUT2D eigenvalue weighted by Gasteiger charge is 2.09. The normalized spacial score (nSPS) is 12.2. The summed E-state index contributed by atoms with van der Waals surface area (Å²) in [6.45, 7) is 6.31. The zero-order valence-corrected chi connectivity index (χ0v) is 12.4. The summed E-state index contributed by atoms with van der Waals surface area (Å²) >= 11 is 0. The van der Waals surface area contributed by atoms with Gasteiger partial charge in [-0.3, -0.25) is 0 Å². The first-order chi connectivity index (χ1) is 9.72. The summed E-state index contributed by atoms with van der Waals surface area (Å²) in [7, 11) is 0. The molecule has 1 aromatic carbocycles. The average Bonchev–Trinajstić information content (AvgIpc) is 2.48. The Balaban J connectivity index is 2.02. The van der Waals surface area contributed by atoms with E-state index in [1.807, 2.05) is 6.07 Å². The number of nitrogens with one attached hydrogen (secondary N) is 1. The monoisotopic (exact) mass is 270 g/mol. The first-order valence-electron chi connectivity index (χ1n) is 7.25. The number of aryl methyl sites for hydroxylation is 2. The fourth-order valence-corrected chi connectivity index (χ4v) is 2.24. The number of hydrogen-bond donors (Lipinski definition) is 1. The minimum absolute atomic E-state index is 0.274. The zero-order chi connectivity index (χ0) is 14.4. The van der Waals surface area contributed by atoms with Gasteiger partial charge in [-0.15, -0.1) is 5.10 Å². The van der Waals surface area contributed by atoms with Gasteiger partial charge in [0, 0.05) is 6.04 Å². The third kappa shape index (κ3) is 3.76. The van der Waals surface area contributed by atoms with E-state index >= 15 is 0 Å². The molecule has 0 aliphatic rings. The Kier molecular flexibility index (Phi) is 5.04. The van der Waals surface area contributed by atoms with Crippen molar-refractivity contribution in [2.75, 3.05) is 5.32 Å². The molecule has 106 valence electrons. The highest BCUT2D eigenvalue weighted by Crippen LogP contribution is 2.10. The predicted octanol–water partition coefficient (Wildman–Crippen LogP) is 3.04. The molecule has 0 fully saturated rings. The molecule has 1 aromatic heterocycles. The number of rotatable bonds is 6. The molecule has 1 heterocycles. The fraction of sp³-hybridized carbons (Fsp3) is 0.438. The van der Waals surface area contributed by atoms with Gasteiger partial charge in [0.15, 0.2) is 0 Å². The molecule has 1 N–H and O–H groups in total. The van der Waals surface area contributed by atoms with Gasteiger partial charge in [0.1, 0.15) is 0 Å². The van der Waals surface area contributed by atoms with Gasteiger partial charge in [-0.2, -0.15) is 5.10 Å². The van der Waals surface area contributed by atoms with E-state index in [0.717, 1.165) is 30.7 Å². The van der Waals surface area contributed by atoms with E-state index in [0.29, 0.717) is 5.95 Å². The Hall–Kier alpha value is -1.97. The van der Waals surface area contributed by atoms with Crippen LogP contribution in [0.1, 0.15) is 37.7 Å². The maximum Gasteiger partial charge on any atom is 0.243 e. The molecule has 20 heavy (non-hydrogen) atoms. The van der Waals surface area contributed by atoms with Crippen LogP contribution in [0.3, 0.4) is 0 Å². The van der Waals surface area contributed by atoms with E-state index in [-0.39, 0.29) is 6.04 Å². The van der Waals surface area contributed by atoms with Crippen LogP contribution >= 0.6 is 0 Å². The van der Waals surface area contributed by atoms with Gasteiger partial charge in [0.05, 0.1) is 11.4 Å². The largest absolute Gasteiger partial charge is 0.350 e. The van der Waals surface area contributed by atoms with Crippen molar-refractivity contribution in [3.05, 3.63) is 47.3 Å². The average molecular weight is 270 g/mol. The van der Waals surface area contributed by atoms with Crippen LogP contribution < -0.4 is 5.32 Å². The SMILES string of the molecule is CCc1nnc(NC(C)Cc2ccccc2)nc1CC. The number of aromatic nitrogens is 3. The van der Waals surface area contributed by atoms with Crippen molar-refractivity contribution in [1.29, 1.82) is 0 Å². The second-order valence-electron chi connectivity index (χ2n) is 4.97. The first kappa shape index (κ1) is 14.4. The second kappa shape index (κ2) is 6.98. The summed E-state index contributed by atoms with van der Waals surface area (Å²) in [5.74, 6) is 0.627. The number of benzene rings is 1. The first-order valence-corrected chi connectivity index (χ1v) is 7.25. The third-order valence-corrected chi connectivity index (χ3v) is 3.27. The molecule has 2 aromatic rings. The molecule has 1 atom stereocenters. The molecule has 0 saturated carbocycles. The quantitative estimate of drug-likeness (QED) is 0.876. The lowest BCUT2D eigenvalue weighted by Gasteiger charge is -2.14. The molecule has 2 rings (SSSR count). The number of anilines is 1. The molecule has 0 bridgehead atoms. The third-order valence-electron chi connectivity index (χ3n) is 3.27. The Labute approximate surface area is 120 Å². The van der Waals surface area contributed by atoms with E-state index < -0.39 is 0 Å². The van der Waals surface area contributed by atoms with Gasteiger partial charge >= 0.3 is 0 Å². The summed E-state index contributed by atoms with van der Waals surface area (Å²) in [5.41, 5.74) is 3.34. The summed E-state index contributed by atoms with van der Waals surface area (Å²) in [6.07, 6.45) is 2.71. The van der Waals surface area contributed by atoms with Crippen LogP contribution in [0.15, 0.2) is 30.3 Å². The Bertz CT molecular complexity index is 539. The number of hydrogen-bond acceptors (Lipinski definition) is 4. The summed E-state index contributed by atoms with van der Waals surface area (Å²) in [5, 5.41) is 11.8.